The smallest absolute Gasteiger partial charge is 0.272 e. The molecule has 156 valence electrons. The van der Waals surface area contributed by atoms with Crippen LogP contribution in [0.25, 0.3) is 0 Å². The van der Waals surface area contributed by atoms with E-state index >= 15 is 0 Å². The van der Waals surface area contributed by atoms with Gasteiger partial charge in [-0.1, -0.05) is 13.0 Å². The van der Waals surface area contributed by atoms with Crippen molar-refractivity contribution in [3.63, 3.8) is 0 Å². The SMILES string of the molecule is CCc1[nH]nc(C(=O)N[C@H](c2ccccn2)C2CCC(CNC(C)=O)CC2)c1C. The first-order chi connectivity index (χ1) is 14.0. The van der Waals surface area contributed by atoms with Crippen molar-refractivity contribution in [1.29, 1.82) is 0 Å². The van der Waals surface area contributed by atoms with E-state index in [1.165, 1.54) is 0 Å². The van der Waals surface area contributed by atoms with Gasteiger partial charge in [0.25, 0.3) is 5.91 Å². The van der Waals surface area contributed by atoms with E-state index in [1.54, 1.807) is 13.1 Å². The molecule has 2 heterocycles. The molecule has 1 saturated carbocycles. The summed E-state index contributed by atoms with van der Waals surface area (Å²) in [6.07, 6.45) is 6.63. The van der Waals surface area contributed by atoms with Gasteiger partial charge in [0.2, 0.25) is 5.91 Å². The molecule has 3 N–H and O–H groups in total. The summed E-state index contributed by atoms with van der Waals surface area (Å²) in [5, 5.41) is 13.3. The second-order valence-corrected chi connectivity index (χ2v) is 7.95. The van der Waals surface area contributed by atoms with Crippen LogP contribution in [0.1, 0.15) is 73.0 Å². The lowest BCUT2D eigenvalue weighted by Crippen LogP contribution is -2.37. The molecular weight excluding hydrogens is 366 g/mol. The van der Waals surface area contributed by atoms with Gasteiger partial charge < -0.3 is 10.6 Å². The zero-order valence-electron chi connectivity index (χ0n) is 17.5. The Morgan fingerprint density at radius 2 is 2.00 bits per heavy atom. The Bertz CT molecular complexity index is 825. The molecule has 1 fully saturated rings. The van der Waals surface area contributed by atoms with Crippen LogP contribution in [0.4, 0.5) is 0 Å². The maximum atomic E-state index is 13.0. The maximum absolute atomic E-state index is 13.0. The maximum Gasteiger partial charge on any atom is 0.272 e. The Labute approximate surface area is 172 Å². The van der Waals surface area contributed by atoms with Crippen LogP contribution in [0.2, 0.25) is 0 Å². The standard InChI is InChI=1S/C22H31N5O2/c1-4-18-14(2)20(27-26-18)22(29)25-21(19-7-5-6-12-23-19)17-10-8-16(9-11-17)13-24-15(3)28/h5-7,12,16-17,21H,4,8-11,13H2,1-3H3,(H,24,28)(H,25,29)(H,26,27)/t16?,17?,21-/m0/s1. The van der Waals surface area contributed by atoms with Crippen molar-refractivity contribution >= 4 is 11.8 Å². The van der Waals surface area contributed by atoms with Gasteiger partial charge in [0.1, 0.15) is 0 Å². The van der Waals surface area contributed by atoms with Gasteiger partial charge in [-0.25, -0.2) is 0 Å². The molecule has 0 bridgehead atoms. The average Bonchev–Trinajstić information content (AvgIpc) is 3.12. The fraction of sp³-hybridized carbons (Fsp3) is 0.545. The molecule has 0 radical (unpaired) electrons. The Morgan fingerprint density at radius 1 is 1.24 bits per heavy atom. The summed E-state index contributed by atoms with van der Waals surface area (Å²) in [5.41, 5.74) is 3.24. The number of aryl methyl sites for hydroxylation is 1. The van der Waals surface area contributed by atoms with Gasteiger partial charge in [-0.2, -0.15) is 5.10 Å². The number of nitrogens with one attached hydrogen (secondary N) is 3. The lowest BCUT2D eigenvalue weighted by molar-refractivity contribution is -0.119. The van der Waals surface area contributed by atoms with E-state index in [0.717, 1.165) is 55.6 Å². The van der Waals surface area contributed by atoms with Crippen LogP contribution in [0.5, 0.6) is 0 Å². The fourth-order valence-electron chi connectivity index (χ4n) is 4.22. The van der Waals surface area contributed by atoms with Crippen molar-refractivity contribution in [2.75, 3.05) is 6.54 Å². The number of hydrogen-bond donors (Lipinski definition) is 3. The molecule has 29 heavy (non-hydrogen) atoms. The second kappa shape index (κ2) is 9.67. The highest BCUT2D eigenvalue weighted by molar-refractivity contribution is 5.94. The normalized spacial score (nSPS) is 20.1. The molecule has 1 atom stereocenters. The highest BCUT2D eigenvalue weighted by atomic mass is 16.2. The summed E-state index contributed by atoms with van der Waals surface area (Å²) < 4.78 is 0. The molecule has 0 saturated heterocycles. The van der Waals surface area contributed by atoms with Crippen LogP contribution in [-0.2, 0) is 11.2 Å². The molecule has 2 aromatic rings. The lowest BCUT2D eigenvalue weighted by Gasteiger charge is -2.34. The first-order valence-electron chi connectivity index (χ1n) is 10.5. The molecular formula is C22H31N5O2. The second-order valence-electron chi connectivity index (χ2n) is 7.95. The van der Waals surface area contributed by atoms with E-state index in [-0.39, 0.29) is 17.9 Å². The number of carbonyl (C=O) groups is 2. The number of carbonyl (C=O) groups excluding carboxylic acids is 2. The third-order valence-corrected chi connectivity index (χ3v) is 5.97. The molecule has 0 aromatic carbocycles. The minimum atomic E-state index is -0.158. The first kappa shape index (κ1) is 21.0. The number of nitrogens with zero attached hydrogens (tertiary/aromatic N) is 2. The molecule has 0 aliphatic heterocycles. The van der Waals surface area contributed by atoms with Gasteiger partial charge in [-0.15, -0.1) is 0 Å². The molecule has 7 heteroatoms. The number of rotatable bonds is 7. The number of pyridine rings is 1. The van der Waals surface area contributed by atoms with Crippen LogP contribution in [0.3, 0.4) is 0 Å². The third-order valence-electron chi connectivity index (χ3n) is 5.97. The summed E-state index contributed by atoms with van der Waals surface area (Å²) in [4.78, 5) is 28.7. The topological polar surface area (TPSA) is 99.8 Å². The van der Waals surface area contributed by atoms with E-state index in [0.29, 0.717) is 17.5 Å². The number of aromatic nitrogens is 3. The molecule has 2 amide bonds. The zero-order valence-corrected chi connectivity index (χ0v) is 17.5. The van der Waals surface area contributed by atoms with Crippen molar-refractivity contribution in [1.82, 2.24) is 25.8 Å². The monoisotopic (exact) mass is 397 g/mol. The molecule has 7 nitrogen and oxygen atoms in total. The van der Waals surface area contributed by atoms with Crippen LogP contribution < -0.4 is 10.6 Å². The largest absolute Gasteiger partial charge is 0.356 e. The van der Waals surface area contributed by atoms with Crippen molar-refractivity contribution in [3.05, 3.63) is 47.0 Å². The molecule has 2 aromatic heterocycles. The summed E-state index contributed by atoms with van der Waals surface area (Å²) in [6.45, 7) is 6.26. The molecule has 1 aliphatic carbocycles. The van der Waals surface area contributed by atoms with E-state index in [9.17, 15) is 9.59 Å². The van der Waals surface area contributed by atoms with Crippen LogP contribution in [-0.4, -0.2) is 33.5 Å². The Morgan fingerprint density at radius 3 is 2.59 bits per heavy atom. The van der Waals surface area contributed by atoms with Gasteiger partial charge >= 0.3 is 0 Å². The number of amides is 2. The van der Waals surface area contributed by atoms with Gasteiger partial charge in [0.15, 0.2) is 5.69 Å². The van der Waals surface area contributed by atoms with E-state index in [2.05, 4.69) is 25.8 Å². The van der Waals surface area contributed by atoms with Crippen molar-refractivity contribution < 1.29 is 9.59 Å². The van der Waals surface area contributed by atoms with Crippen LogP contribution >= 0.6 is 0 Å². The molecule has 0 unspecified atom stereocenters. The summed E-state index contributed by atoms with van der Waals surface area (Å²) in [7, 11) is 0. The fourth-order valence-corrected chi connectivity index (χ4v) is 4.22. The van der Waals surface area contributed by atoms with Crippen LogP contribution in [0.15, 0.2) is 24.4 Å². The average molecular weight is 398 g/mol. The van der Waals surface area contributed by atoms with E-state index in [1.807, 2.05) is 32.0 Å². The predicted molar refractivity (Wildman–Crippen MR) is 111 cm³/mol. The number of H-pyrrole nitrogens is 1. The third kappa shape index (κ3) is 5.22. The quantitative estimate of drug-likeness (QED) is 0.668. The number of hydrogen-bond acceptors (Lipinski definition) is 4. The van der Waals surface area contributed by atoms with Crippen molar-refractivity contribution in [2.45, 2.75) is 58.9 Å². The summed E-state index contributed by atoms with van der Waals surface area (Å²) >= 11 is 0. The highest BCUT2D eigenvalue weighted by Gasteiger charge is 2.31. The van der Waals surface area contributed by atoms with Gasteiger partial charge in [-0.3, -0.25) is 19.7 Å². The lowest BCUT2D eigenvalue weighted by atomic mass is 9.77. The van der Waals surface area contributed by atoms with Gasteiger partial charge in [-0.05, 0) is 63.0 Å². The Hall–Kier alpha value is -2.70. The Kier molecular flexibility index (Phi) is 7.01. The van der Waals surface area contributed by atoms with Gasteiger partial charge in [0.05, 0.1) is 11.7 Å². The minimum absolute atomic E-state index is 0.0200. The Balaban J connectivity index is 1.72. The minimum Gasteiger partial charge on any atom is -0.356 e. The molecule has 0 spiro atoms. The molecule has 3 rings (SSSR count). The van der Waals surface area contributed by atoms with E-state index < -0.39 is 0 Å². The first-order valence-corrected chi connectivity index (χ1v) is 10.5. The summed E-state index contributed by atoms with van der Waals surface area (Å²) in [5.74, 6) is 0.671. The summed E-state index contributed by atoms with van der Waals surface area (Å²) in [6, 6.07) is 5.67. The zero-order chi connectivity index (χ0) is 20.8. The van der Waals surface area contributed by atoms with Crippen molar-refractivity contribution in [2.24, 2.45) is 11.8 Å². The number of aromatic amines is 1. The van der Waals surface area contributed by atoms with Crippen molar-refractivity contribution in [3.8, 4) is 0 Å². The van der Waals surface area contributed by atoms with Gasteiger partial charge in [0, 0.05) is 30.9 Å². The molecule has 1 aliphatic rings. The predicted octanol–water partition coefficient (Wildman–Crippen LogP) is 3.09. The highest BCUT2D eigenvalue weighted by Crippen LogP contribution is 2.36. The van der Waals surface area contributed by atoms with Crippen LogP contribution in [0, 0.1) is 18.8 Å². The van der Waals surface area contributed by atoms with E-state index in [4.69, 9.17) is 0 Å².